The van der Waals surface area contributed by atoms with Crippen LogP contribution in [0.15, 0.2) is 83.8 Å². The van der Waals surface area contributed by atoms with Gasteiger partial charge in [-0.05, 0) is 62.5 Å². The average Bonchev–Trinajstić information content (AvgIpc) is 2.92. The molecular weight excluding hydrogens is 474 g/mol. The molecule has 3 aromatic rings. The Morgan fingerprint density at radius 1 is 0.889 bits per heavy atom. The minimum absolute atomic E-state index is 0.229. The van der Waals surface area contributed by atoms with E-state index in [2.05, 4.69) is 9.08 Å². The Morgan fingerprint density at radius 3 is 2.22 bits per heavy atom. The summed E-state index contributed by atoms with van der Waals surface area (Å²) < 4.78 is 32.8. The summed E-state index contributed by atoms with van der Waals surface area (Å²) in [7, 11) is -2.37. The minimum atomic E-state index is -3.53. The van der Waals surface area contributed by atoms with Gasteiger partial charge in [0, 0.05) is 12.1 Å². The molecule has 0 aromatic heterocycles. The molecule has 0 aliphatic carbocycles. The van der Waals surface area contributed by atoms with Crippen LogP contribution in [0, 0.1) is 6.92 Å². The lowest BCUT2D eigenvalue weighted by atomic mass is 10.0. The van der Waals surface area contributed by atoms with Gasteiger partial charge in [0.25, 0.3) is 10.1 Å². The fourth-order valence-corrected chi connectivity index (χ4v) is 5.12. The van der Waals surface area contributed by atoms with Gasteiger partial charge in [0.2, 0.25) is 0 Å². The van der Waals surface area contributed by atoms with Crippen LogP contribution in [-0.2, 0) is 14.3 Å². The standard InChI is InChI=1S/C21H27NO2.C8H10O3S/c23-21(18-10-3-1-4-11-18)19-12-5-6-13-20(19)24-17-9-16-22-14-7-2-8-15-22;1-7-5-3-4-6-8(7)12(9,10)11-2/h1,3-6,10-13,21,23H,2,7-9,14-17H2;3-6H,1-2H3. The first-order valence-corrected chi connectivity index (χ1v) is 13.9. The summed E-state index contributed by atoms with van der Waals surface area (Å²) in [6, 6.07) is 24.2. The van der Waals surface area contributed by atoms with E-state index in [1.807, 2.05) is 54.6 Å². The largest absolute Gasteiger partial charge is 0.493 e. The molecule has 1 fully saturated rings. The minimum Gasteiger partial charge on any atom is -0.493 e. The molecule has 0 bridgehead atoms. The molecule has 0 radical (unpaired) electrons. The van der Waals surface area contributed by atoms with Crippen LogP contribution >= 0.6 is 0 Å². The van der Waals surface area contributed by atoms with Gasteiger partial charge in [-0.25, -0.2) is 0 Å². The number of benzene rings is 3. The number of hydrogen-bond donors (Lipinski definition) is 1. The van der Waals surface area contributed by atoms with Crippen LogP contribution in [0.25, 0.3) is 0 Å². The summed E-state index contributed by atoms with van der Waals surface area (Å²) in [5.74, 6) is 0.785. The first kappa shape index (κ1) is 27.9. The van der Waals surface area contributed by atoms with Crippen LogP contribution in [0.2, 0.25) is 0 Å². The number of aliphatic hydroxyl groups is 1. The van der Waals surface area contributed by atoms with Gasteiger partial charge in [0.15, 0.2) is 0 Å². The lowest BCUT2D eigenvalue weighted by Gasteiger charge is -2.26. The molecule has 194 valence electrons. The average molecular weight is 512 g/mol. The zero-order chi connectivity index (χ0) is 25.8. The van der Waals surface area contributed by atoms with E-state index in [1.54, 1.807) is 25.1 Å². The molecule has 7 heteroatoms. The molecule has 0 saturated carbocycles. The predicted molar refractivity (Wildman–Crippen MR) is 143 cm³/mol. The fraction of sp³-hybridized carbons (Fsp3) is 0.379. The lowest BCUT2D eigenvalue weighted by molar-refractivity contribution is 0.195. The summed E-state index contributed by atoms with van der Waals surface area (Å²) in [5, 5.41) is 10.6. The Bertz CT molecular complexity index is 1160. The lowest BCUT2D eigenvalue weighted by Crippen LogP contribution is -2.31. The first-order valence-electron chi connectivity index (χ1n) is 12.5. The van der Waals surface area contributed by atoms with Crippen molar-refractivity contribution < 1.29 is 22.4 Å². The molecular formula is C29H37NO5S. The number of aryl methyl sites for hydroxylation is 1. The summed E-state index contributed by atoms with van der Waals surface area (Å²) in [5.41, 5.74) is 2.42. The van der Waals surface area contributed by atoms with E-state index in [1.165, 1.54) is 38.4 Å². The molecule has 1 aliphatic heterocycles. The van der Waals surface area contributed by atoms with Gasteiger partial charge in [-0.2, -0.15) is 8.42 Å². The van der Waals surface area contributed by atoms with Crippen LogP contribution in [0.4, 0.5) is 0 Å². The van der Waals surface area contributed by atoms with E-state index < -0.39 is 16.2 Å². The van der Waals surface area contributed by atoms with Crippen molar-refractivity contribution in [2.75, 3.05) is 33.4 Å². The van der Waals surface area contributed by atoms with E-state index >= 15 is 0 Å². The van der Waals surface area contributed by atoms with E-state index in [-0.39, 0.29) is 4.90 Å². The number of para-hydroxylation sites is 1. The van der Waals surface area contributed by atoms with Gasteiger partial charge in [-0.1, -0.05) is 73.2 Å². The van der Waals surface area contributed by atoms with Gasteiger partial charge in [-0.3, -0.25) is 4.18 Å². The van der Waals surface area contributed by atoms with Gasteiger partial charge < -0.3 is 14.7 Å². The zero-order valence-corrected chi connectivity index (χ0v) is 22.0. The number of aliphatic hydroxyl groups excluding tert-OH is 1. The van der Waals surface area contributed by atoms with E-state index in [0.29, 0.717) is 12.2 Å². The molecule has 6 nitrogen and oxygen atoms in total. The topological polar surface area (TPSA) is 76.1 Å². The van der Waals surface area contributed by atoms with Crippen molar-refractivity contribution in [1.29, 1.82) is 0 Å². The number of nitrogens with zero attached hydrogens (tertiary/aromatic N) is 1. The van der Waals surface area contributed by atoms with Gasteiger partial charge in [0.1, 0.15) is 11.9 Å². The second-order valence-corrected chi connectivity index (χ2v) is 10.5. The van der Waals surface area contributed by atoms with E-state index in [9.17, 15) is 13.5 Å². The van der Waals surface area contributed by atoms with Crippen LogP contribution in [0.3, 0.4) is 0 Å². The molecule has 36 heavy (non-hydrogen) atoms. The van der Waals surface area contributed by atoms with Crippen molar-refractivity contribution in [2.24, 2.45) is 0 Å². The molecule has 1 atom stereocenters. The SMILES string of the molecule is COS(=O)(=O)c1ccccc1C.OC(c1ccccc1)c1ccccc1OCCCN1CCCCC1. The maximum absolute atomic E-state index is 11.2. The number of rotatable bonds is 9. The van der Waals surface area contributed by atoms with Gasteiger partial charge in [0.05, 0.1) is 18.6 Å². The molecule has 1 unspecified atom stereocenters. The Balaban J connectivity index is 0.000000253. The summed E-state index contributed by atoms with van der Waals surface area (Å²) in [6.07, 6.45) is 4.40. The van der Waals surface area contributed by atoms with Gasteiger partial charge >= 0.3 is 0 Å². The summed E-state index contributed by atoms with van der Waals surface area (Å²) >= 11 is 0. The van der Waals surface area contributed by atoms with E-state index in [4.69, 9.17) is 4.74 Å². The summed E-state index contributed by atoms with van der Waals surface area (Å²) in [4.78, 5) is 2.75. The van der Waals surface area contributed by atoms with Gasteiger partial charge in [-0.15, -0.1) is 0 Å². The zero-order valence-electron chi connectivity index (χ0n) is 21.2. The highest BCUT2D eigenvalue weighted by atomic mass is 32.2. The molecule has 1 N–H and O–H groups in total. The van der Waals surface area contributed by atoms with Crippen LogP contribution in [-0.4, -0.2) is 51.8 Å². The van der Waals surface area contributed by atoms with Crippen molar-refractivity contribution in [2.45, 2.75) is 43.6 Å². The van der Waals surface area contributed by atoms with Crippen molar-refractivity contribution in [3.8, 4) is 5.75 Å². The second kappa shape index (κ2) is 14.1. The number of ether oxygens (including phenoxy) is 1. The number of hydrogen-bond acceptors (Lipinski definition) is 6. The molecule has 0 amide bonds. The maximum Gasteiger partial charge on any atom is 0.296 e. The third kappa shape index (κ3) is 8.17. The second-order valence-electron chi connectivity index (χ2n) is 8.84. The molecule has 1 aliphatic rings. The third-order valence-electron chi connectivity index (χ3n) is 6.24. The monoisotopic (exact) mass is 511 g/mol. The van der Waals surface area contributed by atoms with Crippen molar-refractivity contribution >= 4 is 10.1 Å². The molecule has 3 aromatic carbocycles. The summed E-state index contributed by atoms with van der Waals surface area (Å²) in [6.45, 7) is 5.97. The molecule has 1 saturated heterocycles. The molecule has 1 heterocycles. The Hall–Kier alpha value is -2.71. The Labute approximate surface area is 215 Å². The van der Waals surface area contributed by atoms with Crippen LogP contribution < -0.4 is 4.74 Å². The maximum atomic E-state index is 11.2. The van der Waals surface area contributed by atoms with Crippen LogP contribution in [0.1, 0.15) is 48.5 Å². The van der Waals surface area contributed by atoms with Crippen LogP contribution in [0.5, 0.6) is 5.75 Å². The number of likely N-dealkylation sites (tertiary alicyclic amines) is 1. The molecule has 0 spiro atoms. The smallest absolute Gasteiger partial charge is 0.296 e. The van der Waals surface area contributed by atoms with Crippen molar-refractivity contribution in [3.05, 3.63) is 95.6 Å². The number of piperidine rings is 1. The van der Waals surface area contributed by atoms with Crippen molar-refractivity contribution in [3.63, 3.8) is 0 Å². The predicted octanol–water partition coefficient (Wildman–Crippen LogP) is 5.35. The highest BCUT2D eigenvalue weighted by Gasteiger charge is 2.16. The highest BCUT2D eigenvalue weighted by Crippen LogP contribution is 2.29. The van der Waals surface area contributed by atoms with E-state index in [0.717, 1.165) is 37.0 Å². The third-order valence-corrected chi connectivity index (χ3v) is 7.67. The van der Waals surface area contributed by atoms with Crippen molar-refractivity contribution in [1.82, 2.24) is 4.90 Å². The Morgan fingerprint density at radius 2 is 1.53 bits per heavy atom. The quantitative estimate of drug-likeness (QED) is 0.308. The normalized spacial score (nSPS) is 15.0. The fourth-order valence-electron chi connectivity index (χ4n) is 4.23. The highest BCUT2D eigenvalue weighted by molar-refractivity contribution is 7.86. The first-order chi connectivity index (χ1) is 17.4. The Kier molecular flexibility index (Phi) is 10.9. The molecule has 4 rings (SSSR count).